The zero-order valence-corrected chi connectivity index (χ0v) is 12.0. The Bertz CT molecular complexity index is 267. The fourth-order valence-corrected chi connectivity index (χ4v) is 2.96. The smallest absolute Gasteiger partial charge is 0.233 e. The van der Waals surface area contributed by atoms with Gasteiger partial charge in [0.2, 0.25) is 11.6 Å². The molecule has 0 aromatic rings. The molecule has 0 aromatic carbocycles. The zero-order valence-electron chi connectivity index (χ0n) is 12.0. The van der Waals surface area contributed by atoms with Crippen molar-refractivity contribution < 1.29 is 24.7 Å². The monoisotopic (exact) mass is 274 g/mol. The van der Waals surface area contributed by atoms with Crippen molar-refractivity contribution in [2.75, 3.05) is 7.11 Å². The van der Waals surface area contributed by atoms with Crippen LogP contribution in [0.1, 0.15) is 64.7 Å². The second-order valence-corrected chi connectivity index (χ2v) is 6.03. The summed E-state index contributed by atoms with van der Waals surface area (Å²) in [7, 11) is 1.64. The summed E-state index contributed by atoms with van der Waals surface area (Å²) in [6.07, 6.45) is 8.20. The summed E-state index contributed by atoms with van der Waals surface area (Å²) >= 11 is 0. The molecule has 0 saturated heterocycles. The number of ether oxygens (including phenoxy) is 1. The summed E-state index contributed by atoms with van der Waals surface area (Å²) in [5.74, 6) is -1.06. The van der Waals surface area contributed by atoms with Gasteiger partial charge in [0.05, 0.1) is 0 Å². The van der Waals surface area contributed by atoms with Crippen molar-refractivity contribution in [1.29, 1.82) is 0 Å². The Morgan fingerprint density at radius 2 is 1.47 bits per heavy atom. The molecule has 2 rings (SSSR count). The second kappa shape index (κ2) is 6.50. The Morgan fingerprint density at radius 1 is 0.895 bits per heavy atom. The Labute approximate surface area is 115 Å². The van der Waals surface area contributed by atoms with Gasteiger partial charge in [-0.15, -0.1) is 0 Å². The van der Waals surface area contributed by atoms with Gasteiger partial charge in [-0.2, -0.15) is 9.78 Å². The average Bonchev–Trinajstić information content (AvgIpc) is 2.48. The third kappa shape index (κ3) is 3.67. The Kier molecular flexibility index (Phi) is 5.20. The summed E-state index contributed by atoms with van der Waals surface area (Å²) in [6, 6.07) is 0. The first-order valence-corrected chi connectivity index (χ1v) is 7.38. The molecule has 112 valence electrons. The maximum atomic E-state index is 9.17. The van der Waals surface area contributed by atoms with E-state index in [4.69, 9.17) is 19.8 Å². The lowest BCUT2D eigenvalue weighted by molar-refractivity contribution is -0.550. The molecular weight excluding hydrogens is 248 g/mol. The van der Waals surface area contributed by atoms with Gasteiger partial charge in [-0.1, -0.05) is 13.3 Å². The largest absolute Gasteiger partial charge is 0.351 e. The maximum absolute atomic E-state index is 9.17. The van der Waals surface area contributed by atoms with Crippen LogP contribution in [0.5, 0.6) is 0 Å². The molecule has 0 aliphatic heterocycles. The van der Waals surface area contributed by atoms with Crippen LogP contribution in [0.3, 0.4) is 0 Å². The summed E-state index contributed by atoms with van der Waals surface area (Å²) in [4.78, 5) is 15.7. The number of hydrogen-bond donors (Lipinski definition) is 1. The highest BCUT2D eigenvalue weighted by Crippen LogP contribution is 2.39. The molecule has 0 atom stereocenters. The van der Waals surface area contributed by atoms with E-state index in [1.54, 1.807) is 7.11 Å². The molecule has 2 aliphatic carbocycles. The van der Waals surface area contributed by atoms with Crippen LogP contribution in [0, 0.1) is 5.92 Å². The van der Waals surface area contributed by atoms with Crippen molar-refractivity contribution in [2.45, 2.75) is 76.3 Å². The molecule has 0 aromatic heterocycles. The lowest BCUT2D eigenvalue weighted by atomic mass is 9.86. The molecule has 0 unspecified atom stereocenters. The van der Waals surface area contributed by atoms with Gasteiger partial charge in [0.25, 0.3) is 0 Å². The molecule has 0 heterocycles. The predicted octanol–water partition coefficient (Wildman–Crippen LogP) is 3.64. The average molecular weight is 274 g/mol. The van der Waals surface area contributed by atoms with Crippen molar-refractivity contribution in [3.63, 3.8) is 0 Å². The molecule has 19 heavy (non-hydrogen) atoms. The fourth-order valence-electron chi connectivity index (χ4n) is 2.96. The van der Waals surface area contributed by atoms with Crippen molar-refractivity contribution in [1.82, 2.24) is 0 Å². The number of methoxy groups -OCH3 is 1. The topological polar surface area (TPSA) is 57.2 Å². The number of rotatable bonds is 5. The van der Waals surface area contributed by atoms with Gasteiger partial charge < -0.3 is 4.74 Å². The molecule has 2 fully saturated rings. The standard InChI is InChI=1S/C14H26O5/c1-12-6-10-14(17-15,11-7-12)19-18-13(16-2)8-4-3-5-9-13/h12,15H,3-11H2,1-2H3. The van der Waals surface area contributed by atoms with Gasteiger partial charge in [-0.05, 0) is 31.6 Å². The van der Waals surface area contributed by atoms with E-state index in [0.717, 1.165) is 38.5 Å². The van der Waals surface area contributed by atoms with E-state index in [9.17, 15) is 0 Å². The van der Waals surface area contributed by atoms with E-state index >= 15 is 0 Å². The van der Waals surface area contributed by atoms with Gasteiger partial charge in [-0.3, -0.25) is 0 Å². The van der Waals surface area contributed by atoms with Crippen molar-refractivity contribution >= 4 is 0 Å². The summed E-state index contributed by atoms with van der Waals surface area (Å²) < 4.78 is 5.50. The van der Waals surface area contributed by atoms with Crippen LogP contribution >= 0.6 is 0 Å². The van der Waals surface area contributed by atoms with E-state index in [1.165, 1.54) is 6.42 Å². The van der Waals surface area contributed by atoms with E-state index in [0.29, 0.717) is 18.8 Å². The van der Waals surface area contributed by atoms with Crippen molar-refractivity contribution in [2.24, 2.45) is 5.92 Å². The number of hydrogen-bond acceptors (Lipinski definition) is 5. The SMILES string of the molecule is COC1(OOC2(OO)CCC(C)CC2)CCCCC1. The lowest BCUT2D eigenvalue weighted by Crippen LogP contribution is -2.45. The highest BCUT2D eigenvalue weighted by atomic mass is 17.3. The van der Waals surface area contributed by atoms with E-state index in [2.05, 4.69) is 11.8 Å². The third-order valence-corrected chi connectivity index (χ3v) is 4.54. The molecule has 0 spiro atoms. The van der Waals surface area contributed by atoms with Crippen LogP contribution < -0.4 is 0 Å². The van der Waals surface area contributed by atoms with Gasteiger partial charge >= 0.3 is 0 Å². The van der Waals surface area contributed by atoms with Crippen LogP contribution in [0.25, 0.3) is 0 Å². The Morgan fingerprint density at radius 3 is 2.00 bits per heavy atom. The van der Waals surface area contributed by atoms with Gasteiger partial charge in [0.15, 0.2) is 0 Å². The third-order valence-electron chi connectivity index (χ3n) is 4.54. The second-order valence-electron chi connectivity index (χ2n) is 6.03. The summed E-state index contributed by atoms with van der Waals surface area (Å²) in [5.41, 5.74) is 0. The van der Waals surface area contributed by atoms with Crippen LogP contribution in [0.15, 0.2) is 0 Å². The minimum absolute atomic E-state index is 0.637. The first kappa shape index (κ1) is 15.2. The Balaban J connectivity index is 1.91. The first-order chi connectivity index (χ1) is 9.14. The lowest BCUT2D eigenvalue weighted by Gasteiger charge is -2.40. The first-order valence-electron chi connectivity index (χ1n) is 7.38. The molecule has 1 N–H and O–H groups in total. The van der Waals surface area contributed by atoms with Gasteiger partial charge in [0.1, 0.15) is 0 Å². The van der Waals surface area contributed by atoms with E-state index in [1.807, 2.05) is 0 Å². The molecule has 0 amide bonds. The van der Waals surface area contributed by atoms with Crippen molar-refractivity contribution in [3.05, 3.63) is 0 Å². The van der Waals surface area contributed by atoms with E-state index in [-0.39, 0.29) is 0 Å². The highest BCUT2D eigenvalue weighted by molar-refractivity contribution is 4.78. The summed E-state index contributed by atoms with van der Waals surface area (Å²) in [5, 5.41) is 9.17. The molecule has 2 saturated carbocycles. The van der Waals surface area contributed by atoms with Crippen LogP contribution in [-0.2, 0) is 19.4 Å². The fraction of sp³-hybridized carbons (Fsp3) is 1.00. The summed E-state index contributed by atoms with van der Waals surface area (Å²) in [6.45, 7) is 2.19. The zero-order chi connectivity index (χ0) is 13.8. The van der Waals surface area contributed by atoms with Crippen LogP contribution in [-0.4, -0.2) is 23.9 Å². The molecule has 5 nitrogen and oxygen atoms in total. The minimum Gasteiger partial charge on any atom is -0.351 e. The normalized spacial score (nSPS) is 35.2. The minimum atomic E-state index is -1.02. The van der Waals surface area contributed by atoms with Crippen LogP contribution in [0.2, 0.25) is 0 Å². The maximum Gasteiger partial charge on any atom is 0.233 e. The quantitative estimate of drug-likeness (QED) is 0.471. The highest BCUT2D eigenvalue weighted by Gasteiger charge is 2.43. The van der Waals surface area contributed by atoms with Gasteiger partial charge in [0, 0.05) is 32.8 Å². The molecule has 5 heteroatoms. The van der Waals surface area contributed by atoms with Crippen molar-refractivity contribution in [3.8, 4) is 0 Å². The van der Waals surface area contributed by atoms with E-state index < -0.39 is 11.6 Å². The molecule has 0 bridgehead atoms. The predicted molar refractivity (Wildman–Crippen MR) is 69.1 cm³/mol. The molecule has 0 radical (unpaired) electrons. The molecular formula is C14H26O5. The Hall–Kier alpha value is -0.200. The molecule has 2 aliphatic rings. The van der Waals surface area contributed by atoms with Gasteiger partial charge in [-0.25, -0.2) is 10.1 Å². The van der Waals surface area contributed by atoms with Crippen LogP contribution in [0.4, 0.5) is 0 Å².